The van der Waals surface area contributed by atoms with E-state index in [0.717, 1.165) is 0 Å². The van der Waals surface area contributed by atoms with Gasteiger partial charge in [0.15, 0.2) is 0 Å². The lowest BCUT2D eigenvalue weighted by Crippen LogP contribution is -2.50. The van der Waals surface area contributed by atoms with Crippen LogP contribution >= 0.6 is 0 Å². The van der Waals surface area contributed by atoms with E-state index >= 15 is 0 Å². The van der Waals surface area contributed by atoms with Crippen molar-refractivity contribution in [3.8, 4) is 5.75 Å². The summed E-state index contributed by atoms with van der Waals surface area (Å²) in [6, 6.07) is 4.19. The zero-order valence-corrected chi connectivity index (χ0v) is 14.8. The average Bonchev–Trinajstić information content (AvgIpc) is 2.67. The Labute approximate surface area is 155 Å². The van der Waals surface area contributed by atoms with Crippen molar-refractivity contribution in [2.75, 3.05) is 44.7 Å². The van der Waals surface area contributed by atoms with Crippen molar-refractivity contribution >= 4 is 29.6 Å². The molecule has 10 nitrogen and oxygen atoms in total. The normalized spacial score (nSPS) is 17.6. The largest absolute Gasteiger partial charge is 0.495 e. The summed E-state index contributed by atoms with van der Waals surface area (Å²) in [5, 5.41) is 11.2. The summed E-state index contributed by atoms with van der Waals surface area (Å²) in [7, 11) is 1.46. The van der Waals surface area contributed by atoms with Crippen LogP contribution in [0.3, 0.4) is 0 Å². The minimum Gasteiger partial charge on any atom is -0.495 e. The Kier molecular flexibility index (Phi) is 5.15. The van der Waals surface area contributed by atoms with Crippen LogP contribution in [0.5, 0.6) is 5.75 Å². The molecule has 10 heteroatoms. The smallest absolute Gasteiger partial charge is 0.407 e. The minimum atomic E-state index is -1.00. The summed E-state index contributed by atoms with van der Waals surface area (Å²) in [4.78, 5) is 51.5. The van der Waals surface area contributed by atoms with E-state index in [1.54, 1.807) is 23.1 Å². The monoisotopic (exact) mass is 376 g/mol. The second-order valence-corrected chi connectivity index (χ2v) is 6.20. The zero-order chi connectivity index (χ0) is 19.6. The molecular weight excluding hydrogens is 356 g/mol. The van der Waals surface area contributed by atoms with Crippen LogP contribution in [0.2, 0.25) is 0 Å². The lowest BCUT2D eigenvalue weighted by atomic mass is 10.1. The standard InChI is InChI=1S/C17H20N4O6/c1-27-13-3-2-11(10-12(13)21-5-4-14(22)18-16(21)24)15(23)19-6-8-20(9-7-19)17(25)26/h2-3,10H,4-9H2,1H3,(H,25,26)(H,18,22,24). The van der Waals surface area contributed by atoms with E-state index in [2.05, 4.69) is 5.32 Å². The molecule has 27 heavy (non-hydrogen) atoms. The van der Waals surface area contributed by atoms with Gasteiger partial charge in [-0.25, -0.2) is 9.59 Å². The summed E-state index contributed by atoms with van der Waals surface area (Å²) >= 11 is 0. The van der Waals surface area contributed by atoms with E-state index in [-0.39, 0.29) is 37.9 Å². The number of urea groups is 1. The first-order valence-electron chi connectivity index (χ1n) is 8.47. The van der Waals surface area contributed by atoms with E-state index in [9.17, 15) is 19.2 Å². The van der Waals surface area contributed by atoms with Gasteiger partial charge in [-0.1, -0.05) is 0 Å². The number of hydrogen-bond acceptors (Lipinski definition) is 5. The van der Waals surface area contributed by atoms with Gasteiger partial charge in [-0.15, -0.1) is 0 Å². The van der Waals surface area contributed by atoms with E-state index < -0.39 is 12.1 Å². The molecule has 0 atom stereocenters. The SMILES string of the molecule is COc1ccc(C(=O)N2CCN(C(=O)O)CC2)cc1N1CCC(=O)NC1=O. The van der Waals surface area contributed by atoms with Crippen molar-refractivity contribution in [1.82, 2.24) is 15.1 Å². The number of imide groups is 1. The Bertz CT molecular complexity index is 788. The highest BCUT2D eigenvalue weighted by molar-refractivity contribution is 6.07. The van der Waals surface area contributed by atoms with Crippen LogP contribution in [0.1, 0.15) is 16.8 Å². The molecule has 5 amide bonds. The molecule has 0 saturated carbocycles. The van der Waals surface area contributed by atoms with Gasteiger partial charge in [0.05, 0.1) is 12.8 Å². The van der Waals surface area contributed by atoms with Crippen molar-refractivity contribution in [3.63, 3.8) is 0 Å². The molecule has 0 bridgehead atoms. The number of carbonyl (C=O) groups is 4. The summed E-state index contributed by atoms with van der Waals surface area (Å²) < 4.78 is 5.29. The molecule has 0 unspecified atom stereocenters. The predicted molar refractivity (Wildman–Crippen MR) is 94.0 cm³/mol. The molecule has 0 spiro atoms. The fourth-order valence-electron chi connectivity index (χ4n) is 3.11. The van der Waals surface area contributed by atoms with E-state index in [0.29, 0.717) is 30.1 Å². The maximum atomic E-state index is 12.8. The Balaban J connectivity index is 1.81. The number of nitrogens with zero attached hydrogens (tertiary/aromatic N) is 3. The van der Waals surface area contributed by atoms with Crippen LogP contribution in [-0.2, 0) is 4.79 Å². The predicted octanol–water partition coefficient (Wildman–Crippen LogP) is 0.577. The van der Waals surface area contributed by atoms with E-state index in [1.807, 2.05) is 0 Å². The third kappa shape index (κ3) is 3.78. The minimum absolute atomic E-state index is 0.157. The number of carbonyl (C=O) groups excluding carboxylic acids is 3. The number of nitrogens with one attached hydrogen (secondary N) is 1. The summed E-state index contributed by atoms with van der Waals surface area (Å²) in [5.41, 5.74) is 0.761. The second-order valence-electron chi connectivity index (χ2n) is 6.20. The fraction of sp³-hybridized carbons (Fsp3) is 0.412. The average molecular weight is 376 g/mol. The molecule has 1 aromatic rings. The van der Waals surface area contributed by atoms with Crippen molar-refractivity contribution in [3.05, 3.63) is 23.8 Å². The number of ether oxygens (including phenoxy) is 1. The van der Waals surface area contributed by atoms with Crippen LogP contribution in [0.25, 0.3) is 0 Å². The van der Waals surface area contributed by atoms with Crippen LogP contribution in [0.15, 0.2) is 18.2 Å². The highest BCUT2D eigenvalue weighted by Crippen LogP contribution is 2.31. The number of amides is 5. The van der Waals surface area contributed by atoms with Gasteiger partial charge in [0, 0.05) is 44.7 Å². The lowest BCUT2D eigenvalue weighted by Gasteiger charge is -2.33. The molecule has 2 aliphatic heterocycles. The molecule has 2 saturated heterocycles. The topological polar surface area (TPSA) is 119 Å². The first-order valence-corrected chi connectivity index (χ1v) is 8.47. The molecule has 0 aromatic heterocycles. The Hall–Kier alpha value is -3.30. The van der Waals surface area contributed by atoms with Gasteiger partial charge < -0.3 is 19.6 Å². The highest BCUT2D eigenvalue weighted by atomic mass is 16.5. The fourth-order valence-corrected chi connectivity index (χ4v) is 3.11. The second kappa shape index (κ2) is 7.52. The van der Waals surface area contributed by atoms with Gasteiger partial charge >= 0.3 is 12.1 Å². The lowest BCUT2D eigenvalue weighted by molar-refractivity contribution is -0.120. The molecule has 144 valence electrons. The molecular formula is C17H20N4O6. The van der Waals surface area contributed by atoms with Crippen molar-refractivity contribution in [1.29, 1.82) is 0 Å². The van der Waals surface area contributed by atoms with Crippen LogP contribution in [0, 0.1) is 0 Å². The third-order valence-electron chi connectivity index (χ3n) is 4.61. The maximum absolute atomic E-state index is 12.8. The molecule has 2 fully saturated rings. The molecule has 3 rings (SSSR count). The number of methoxy groups -OCH3 is 1. The molecule has 1 aromatic carbocycles. The van der Waals surface area contributed by atoms with Gasteiger partial charge in [0.1, 0.15) is 5.75 Å². The van der Waals surface area contributed by atoms with Crippen molar-refractivity contribution < 1.29 is 29.0 Å². The Morgan fingerprint density at radius 1 is 1.07 bits per heavy atom. The molecule has 0 radical (unpaired) electrons. The molecule has 2 aliphatic rings. The van der Waals surface area contributed by atoms with Crippen molar-refractivity contribution in [2.45, 2.75) is 6.42 Å². The number of anilines is 1. The maximum Gasteiger partial charge on any atom is 0.407 e. The number of piperazine rings is 1. The van der Waals surface area contributed by atoms with Crippen LogP contribution < -0.4 is 15.0 Å². The van der Waals surface area contributed by atoms with Gasteiger partial charge in [-0.3, -0.25) is 19.8 Å². The number of rotatable bonds is 3. The first-order chi connectivity index (χ1) is 12.9. The van der Waals surface area contributed by atoms with Crippen LogP contribution in [0.4, 0.5) is 15.3 Å². The number of carboxylic acid groups (broad SMARTS) is 1. The highest BCUT2D eigenvalue weighted by Gasteiger charge is 2.29. The van der Waals surface area contributed by atoms with Gasteiger partial charge in [-0.05, 0) is 18.2 Å². The zero-order valence-electron chi connectivity index (χ0n) is 14.8. The quantitative estimate of drug-likeness (QED) is 0.796. The Morgan fingerprint density at radius 2 is 1.74 bits per heavy atom. The number of benzene rings is 1. The summed E-state index contributed by atoms with van der Waals surface area (Å²) in [6.45, 7) is 1.29. The summed E-state index contributed by atoms with van der Waals surface area (Å²) in [5.74, 6) is -0.192. The van der Waals surface area contributed by atoms with E-state index in [4.69, 9.17) is 9.84 Å². The Morgan fingerprint density at radius 3 is 2.33 bits per heavy atom. The summed E-state index contributed by atoms with van der Waals surface area (Å²) in [6.07, 6.45) is -0.844. The third-order valence-corrected chi connectivity index (χ3v) is 4.61. The molecule has 2 heterocycles. The first kappa shape index (κ1) is 18.5. The van der Waals surface area contributed by atoms with E-state index in [1.165, 1.54) is 16.9 Å². The van der Waals surface area contributed by atoms with Gasteiger partial charge in [0.25, 0.3) is 5.91 Å². The van der Waals surface area contributed by atoms with Crippen molar-refractivity contribution in [2.24, 2.45) is 0 Å². The van der Waals surface area contributed by atoms with Crippen LogP contribution in [-0.4, -0.2) is 78.7 Å². The van der Waals surface area contributed by atoms with Gasteiger partial charge in [0.2, 0.25) is 5.91 Å². The molecule has 2 N–H and O–H groups in total. The van der Waals surface area contributed by atoms with Gasteiger partial charge in [-0.2, -0.15) is 0 Å². The number of hydrogen-bond donors (Lipinski definition) is 2. The molecule has 0 aliphatic carbocycles.